The summed E-state index contributed by atoms with van der Waals surface area (Å²) in [5, 5.41) is 9.66. The van der Waals surface area contributed by atoms with E-state index in [-0.39, 0.29) is 12.0 Å². The summed E-state index contributed by atoms with van der Waals surface area (Å²) in [6.45, 7) is 2.82. The zero-order valence-electron chi connectivity index (χ0n) is 9.55. The molecule has 1 aliphatic rings. The number of hydrogen-bond acceptors (Lipinski definition) is 3. The van der Waals surface area contributed by atoms with E-state index in [1.807, 2.05) is 6.92 Å². The average molecular weight is 236 g/mol. The van der Waals surface area contributed by atoms with Crippen molar-refractivity contribution in [1.82, 2.24) is 8.61 Å². The second-order valence-corrected chi connectivity index (χ2v) is 6.31. The summed E-state index contributed by atoms with van der Waals surface area (Å²) in [5.41, 5.74) is 0. The van der Waals surface area contributed by atoms with Crippen LogP contribution in [-0.4, -0.2) is 55.4 Å². The molecule has 5 nitrogen and oxygen atoms in total. The van der Waals surface area contributed by atoms with E-state index in [9.17, 15) is 13.5 Å². The first-order valence-corrected chi connectivity index (χ1v) is 6.65. The van der Waals surface area contributed by atoms with Gasteiger partial charge in [-0.05, 0) is 18.8 Å². The summed E-state index contributed by atoms with van der Waals surface area (Å²) < 4.78 is 26.3. The smallest absolute Gasteiger partial charge is 0.281 e. The van der Waals surface area contributed by atoms with E-state index in [0.29, 0.717) is 19.5 Å². The maximum absolute atomic E-state index is 11.8. The Morgan fingerprint density at radius 1 is 1.47 bits per heavy atom. The molecule has 0 aromatic carbocycles. The van der Waals surface area contributed by atoms with Gasteiger partial charge in [-0.3, -0.25) is 0 Å². The monoisotopic (exact) mass is 236 g/mol. The molecule has 0 saturated carbocycles. The third kappa shape index (κ3) is 2.69. The Morgan fingerprint density at radius 2 is 2.07 bits per heavy atom. The molecule has 0 amide bonds. The fourth-order valence-electron chi connectivity index (χ4n) is 1.83. The van der Waals surface area contributed by atoms with E-state index >= 15 is 0 Å². The zero-order valence-corrected chi connectivity index (χ0v) is 10.4. The lowest BCUT2D eigenvalue weighted by Gasteiger charge is -2.36. The van der Waals surface area contributed by atoms with Gasteiger partial charge < -0.3 is 5.11 Å². The number of piperidine rings is 1. The number of rotatable bonds is 3. The Hall–Kier alpha value is -0.170. The minimum Gasteiger partial charge on any atom is -0.393 e. The highest BCUT2D eigenvalue weighted by Gasteiger charge is 2.33. The van der Waals surface area contributed by atoms with Gasteiger partial charge in [-0.25, -0.2) is 0 Å². The lowest BCUT2D eigenvalue weighted by atomic mass is 9.94. The molecule has 1 rings (SSSR count). The molecule has 90 valence electrons. The zero-order chi connectivity index (χ0) is 11.6. The van der Waals surface area contributed by atoms with Gasteiger partial charge in [0.1, 0.15) is 0 Å². The third-order valence-electron chi connectivity index (χ3n) is 2.97. The van der Waals surface area contributed by atoms with Gasteiger partial charge in [0.15, 0.2) is 0 Å². The second kappa shape index (κ2) is 4.78. The molecule has 0 radical (unpaired) electrons. The summed E-state index contributed by atoms with van der Waals surface area (Å²) >= 11 is 0. The first-order chi connectivity index (χ1) is 6.89. The molecular weight excluding hydrogens is 216 g/mol. The lowest BCUT2D eigenvalue weighted by molar-refractivity contribution is 0.0507. The van der Waals surface area contributed by atoms with Gasteiger partial charge in [0.2, 0.25) is 0 Å². The molecule has 0 aliphatic carbocycles. The van der Waals surface area contributed by atoms with Crippen LogP contribution in [0.4, 0.5) is 0 Å². The summed E-state index contributed by atoms with van der Waals surface area (Å²) in [4.78, 5) is 0. The van der Waals surface area contributed by atoms with Crippen molar-refractivity contribution in [1.29, 1.82) is 0 Å². The highest BCUT2D eigenvalue weighted by molar-refractivity contribution is 7.86. The van der Waals surface area contributed by atoms with Gasteiger partial charge in [0, 0.05) is 27.2 Å². The predicted octanol–water partition coefficient (Wildman–Crippen LogP) is -0.114. The summed E-state index contributed by atoms with van der Waals surface area (Å²) in [6.07, 6.45) is 0.982. The predicted molar refractivity (Wildman–Crippen MR) is 58.6 cm³/mol. The van der Waals surface area contributed by atoms with Gasteiger partial charge in [-0.2, -0.15) is 17.0 Å². The van der Waals surface area contributed by atoms with E-state index < -0.39 is 10.2 Å². The van der Waals surface area contributed by atoms with E-state index in [4.69, 9.17) is 0 Å². The van der Waals surface area contributed by atoms with Crippen LogP contribution >= 0.6 is 0 Å². The quantitative estimate of drug-likeness (QED) is 0.743. The molecule has 0 aromatic rings. The van der Waals surface area contributed by atoms with Crippen LogP contribution in [0.5, 0.6) is 0 Å². The maximum atomic E-state index is 11.8. The molecule has 0 bridgehead atoms. The van der Waals surface area contributed by atoms with Crippen LogP contribution in [0.15, 0.2) is 0 Å². The first-order valence-electron chi connectivity index (χ1n) is 5.25. The van der Waals surface area contributed by atoms with Gasteiger partial charge in [-0.15, -0.1) is 0 Å². The molecule has 6 heteroatoms. The summed E-state index contributed by atoms with van der Waals surface area (Å²) in [6, 6.07) is 0. The van der Waals surface area contributed by atoms with E-state index in [1.54, 1.807) is 0 Å². The Labute approximate surface area is 91.9 Å². The average Bonchev–Trinajstić information content (AvgIpc) is 2.18. The van der Waals surface area contributed by atoms with Crippen LogP contribution < -0.4 is 0 Å². The standard InChI is InChI=1S/C9H20N2O3S/c1-4-8-7-11(6-5-9(8)12)15(13,14)10(2)3/h8-9,12H,4-7H2,1-3H3. The molecular formula is C9H20N2O3S. The van der Waals surface area contributed by atoms with Crippen molar-refractivity contribution < 1.29 is 13.5 Å². The topological polar surface area (TPSA) is 60.9 Å². The molecule has 0 aromatic heterocycles. The number of aliphatic hydroxyl groups is 1. The van der Waals surface area contributed by atoms with Crippen molar-refractivity contribution in [3.05, 3.63) is 0 Å². The van der Waals surface area contributed by atoms with Crippen LogP contribution in [0, 0.1) is 5.92 Å². The Kier molecular flexibility index (Phi) is 4.11. The van der Waals surface area contributed by atoms with E-state index in [1.165, 1.54) is 22.7 Å². The minimum atomic E-state index is -3.31. The molecule has 15 heavy (non-hydrogen) atoms. The molecule has 1 fully saturated rings. The van der Waals surface area contributed by atoms with Gasteiger partial charge in [0.25, 0.3) is 10.2 Å². The highest BCUT2D eigenvalue weighted by atomic mass is 32.2. The fraction of sp³-hybridized carbons (Fsp3) is 1.00. The van der Waals surface area contributed by atoms with E-state index in [2.05, 4.69) is 0 Å². The number of hydrogen-bond donors (Lipinski definition) is 1. The second-order valence-electron chi connectivity index (χ2n) is 4.17. The normalized spacial score (nSPS) is 29.7. The molecule has 2 atom stereocenters. The Balaban J connectivity index is 2.75. The molecule has 0 spiro atoms. The van der Waals surface area contributed by atoms with Crippen molar-refractivity contribution in [2.75, 3.05) is 27.2 Å². The van der Waals surface area contributed by atoms with Gasteiger partial charge in [-0.1, -0.05) is 6.92 Å². The molecule has 1 saturated heterocycles. The lowest BCUT2D eigenvalue weighted by Crippen LogP contribution is -2.49. The minimum absolute atomic E-state index is 0.0634. The number of nitrogens with zero attached hydrogens (tertiary/aromatic N) is 2. The Morgan fingerprint density at radius 3 is 2.53 bits per heavy atom. The van der Waals surface area contributed by atoms with Crippen LogP contribution in [0.25, 0.3) is 0 Å². The van der Waals surface area contributed by atoms with Crippen molar-refractivity contribution >= 4 is 10.2 Å². The maximum Gasteiger partial charge on any atom is 0.281 e. The summed E-state index contributed by atoms with van der Waals surface area (Å²) in [5.74, 6) is 0.0634. The van der Waals surface area contributed by atoms with Crippen molar-refractivity contribution in [2.24, 2.45) is 5.92 Å². The van der Waals surface area contributed by atoms with Crippen LogP contribution in [0.1, 0.15) is 19.8 Å². The summed E-state index contributed by atoms with van der Waals surface area (Å²) in [7, 11) is -0.253. The molecule has 1 N–H and O–H groups in total. The molecule has 2 unspecified atom stereocenters. The fourth-order valence-corrected chi connectivity index (χ4v) is 3.01. The van der Waals surface area contributed by atoms with Gasteiger partial charge >= 0.3 is 0 Å². The SMILES string of the molecule is CCC1CN(S(=O)(=O)N(C)C)CCC1O. The largest absolute Gasteiger partial charge is 0.393 e. The van der Waals surface area contributed by atoms with Crippen LogP contribution in [-0.2, 0) is 10.2 Å². The Bertz CT molecular complexity index is 302. The van der Waals surface area contributed by atoms with Crippen LogP contribution in [0.3, 0.4) is 0 Å². The van der Waals surface area contributed by atoms with Crippen molar-refractivity contribution in [2.45, 2.75) is 25.9 Å². The number of aliphatic hydroxyl groups excluding tert-OH is 1. The first kappa shape index (κ1) is 12.9. The molecule has 1 heterocycles. The van der Waals surface area contributed by atoms with Gasteiger partial charge in [0.05, 0.1) is 6.10 Å². The highest BCUT2D eigenvalue weighted by Crippen LogP contribution is 2.22. The third-order valence-corrected chi connectivity index (χ3v) is 4.88. The van der Waals surface area contributed by atoms with Crippen LogP contribution in [0.2, 0.25) is 0 Å². The molecule has 1 aliphatic heterocycles. The van der Waals surface area contributed by atoms with Crippen molar-refractivity contribution in [3.8, 4) is 0 Å². The van der Waals surface area contributed by atoms with Crippen molar-refractivity contribution in [3.63, 3.8) is 0 Å². The van der Waals surface area contributed by atoms with E-state index in [0.717, 1.165) is 6.42 Å².